The minimum absolute atomic E-state index is 0.103. The van der Waals surface area contributed by atoms with E-state index >= 15 is 0 Å². The topological polar surface area (TPSA) is 46.1 Å². The van der Waals surface area contributed by atoms with Crippen LogP contribution in [-0.4, -0.2) is 22.4 Å². The third-order valence-electron chi connectivity index (χ3n) is 3.69. The molecule has 1 aromatic heterocycles. The number of benzene rings is 1. The number of hydrogen-bond donors (Lipinski definition) is 0. The number of nitrogens with zero attached hydrogens (tertiary/aromatic N) is 3. The molecule has 0 saturated carbocycles. The van der Waals surface area contributed by atoms with Crippen molar-refractivity contribution in [2.45, 2.75) is 26.7 Å². The van der Waals surface area contributed by atoms with Gasteiger partial charge in [0, 0.05) is 17.8 Å². The molecule has 21 heavy (non-hydrogen) atoms. The van der Waals surface area contributed by atoms with Crippen molar-refractivity contribution in [3.05, 3.63) is 52.1 Å². The number of amides is 1. The Bertz CT molecular complexity index is 697. The number of anilines is 1. The molecule has 3 rings (SSSR count). The van der Waals surface area contributed by atoms with Crippen LogP contribution in [0.1, 0.15) is 33.7 Å². The molecule has 0 bridgehead atoms. The van der Waals surface area contributed by atoms with Gasteiger partial charge in [0.05, 0.1) is 17.6 Å². The second-order valence-electron chi connectivity index (χ2n) is 5.33. The fourth-order valence-corrected chi connectivity index (χ4v) is 3.06. The summed E-state index contributed by atoms with van der Waals surface area (Å²) < 4.78 is 0. The Labute approximate surface area is 128 Å². The van der Waals surface area contributed by atoms with Gasteiger partial charge in [-0.15, -0.1) is 0 Å². The minimum Gasteiger partial charge on any atom is -0.306 e. The molecule has 5 heteroatoms. The zero-order chi connectivity index (χ0) is 15.0. The SMILES string of the molecule is Cc1cnc(C(=O)N2CCCc3cc(Cl)cc(C)c32)cn1. The van der Waals surface area contributed by atoms with E-state index in [1.807, 2.05) is 26.0 Å². The first-order chi connectivity index (χ1) is 10.1. The molecule has 0 spiro atoms. The first-order valence-corrected chi connectivity index (χ1v) is 7.33. The molecule has 0 radical (unpaired) electrons. The van der Waals surface area contributed by atoms with Crippen molar-refractivity contribution >= 4 is 23.2 Å². The first-order valence-electron chi connectivity index (χ1n) is 6.96. The lowest BCUT2D eigenvalue weighted by molar-refractivity contribution is 0.0979. The van der Waals surface area contributed by atoms with Crippen LogP contribution >= 0.6 is 11.6 Å². The molecule has 2 heterocycles. The molecule has 0 unspecified atom stereocenters. The van der Waals surface area contributed by atoms with E-state index in [0.717, 1.165) is 40.4 Å². The maximum absolute atomic E-state index is 12.7. The summed E-state index contributed by atoms with van der Waals surface area (Å²) in [6.45, 7) is 4.53. The summed E-state index contributed by atoms with van der Waals surface area (Å²) in [5.74, 6) is -0.103. The van der Waals surface area contributed by atoms with Crippen molar-refractivity contribution in [3.63, 3.8) is 0 Å². The van der Waals surface area contributed by atoms with Gasteiger partial charge >= 0.3 is 0 Å². The highest BCUT2D eigenvalue weighted by Crippen LogP contribution is 2.34. The van der Waals surface area contributed by atoms with Gasteiger partial charge in [0.15, 0.2) is 0 Å². The number of fused-ring (bicyclic) bond motifs is 1. The summed E-state index contributed by atoms with van der Waals surface area (Å²) in [6.07, 6.45) is 5.03. The van der Waals surface area contributed by atoms with Crippen molar-refractivity contribution in [2.24, 2.45) is 0 Å². The molecule has 1 aliphatic rings. The van der Waals surface area contributed by atoms with Crippen molar-refractivity contribution in [1.82, 2.24) is 9.97 Å². The van der Waals surface area contributed by atoms with E-state index < -0.39 is 0 Å². The summed E-state index contributed by atoms with van der Waals surface area (Å²) >= 11 is 6.12. The summed E-state index contributed by atoms with van der Waals surface area (Å²) in [5.41, 5.74) is 4.29. The Kier molecular flexibility index (Phi) is 3.64. The van der Waals surface area contributed by atoms with Gasteiger partial charge in [-0.2, -0.15) is 0 Å². The lowest BCUT2D eigenvalue weighted by Crippen LogP contribution is -2.36. The standard InChI is InChI=1S/C16H16ClN3O/c1-10-6-13(17)7-12-4-3-5-20(15(10)12)16(21)14-9-18-11(2)8-19-14/h6-9H,3-5H2,1-2H3. The van der Waals surface area contributed by atoms with Crippen LogP contribution in [-0.2, 0) is 6.42 Å². The van der Waals surface area contributed by atoms with Gasteiger partial charge in [0.25, 0.3) is 5.91 Å². The number of aryl methyl sites for hydroxylation is 3. The van der Waals surface area contributed by atoms with Crippen LogP contribution in [0.25, 0.3) is 0 Å². The molecule has 0 atom stereocenters. The normalized spacial score (nSPS) is 14.0. The molecular weight excluding hydrogens is 286 g/mol. The van der Waals surface area contributed by atoms with Crippen LogP contribution in [0.2, 0.25) is 5.02 Å². The van der Waals surface area contributed by atoms with Crippen LogP contribution < -0.4 is 4.90 Å². The molecule has 0 aliphatic carbocycles. The first kappa shape index (κ1) is 14.0. The molecular formula is C16H16ClN3O. The number of carbonyl (C=O) groups excluding carboxylic acids is 1. The summed E-state index contributed by atoms with van der Waals surface area (Å²) in [4.78, 5) is 22.8. The van der Waals surface area contributed by atoms with E-state index in [4.69, 9.17) is 11.6 Å². The van der Waals surface area contributed by atoms with E-state index in [1.165, 1.54) is 6.20 Å². The number of aromatic nitrogens is 2. The zero-order valence-corrected chi connectivity index (χ0v) is 12.8. The zero-order valence-electron chi connectivity index (χ0n) is 12.1. The lowest BCUT2D eigenvalue weighted by Gasteiger charge is -2.31. The summed E-state index contributed by atoms with van der Waals surface area (Å²) in [7, 11) is 0. The molecule has 4 nitrogen and oxygen atoms in total. The second kappa shape index (κ2) is 5.45. The minimum atomic E-state index is -0.103. The molecule has 108 valence electrons. The average Bonchev–Trinajstić information content (AvgIpc) is 2.46. The van der Waals surface area contributed by atoms with Crippen molar-refractivity contribution < 1.29 is 4.79 Å². The summed E-state index contributed by atoms with van der Waals surface area (Å²) in [5, 5.41) is 0.718. The van der Waals surface area contributed by atoms with Crippen LogP contribution in [0.4, 0.5) is 5.69 Å². The predicted molar refractivity (Wildman–Crippen MR) is 83.0 cm³/mol. The molecule has 0 saturated heterocycles. The van der Waals surface area contributed by atoms with Gasteiger partial charge in [-0.1, -0.05) is 11.6 Å². The molecule has 2 aromatic rings. The highest BCUT2D eigenvalue weighted by atomic mass is 35.5. The van der Waals surface area contributed by atoms with Gasteiger partial charge in [-0.05, 0) is 49.9 Å². The van der Waals surface area contributed by atoms with E-state index in [0.29, 0.717) is 12.2 Å². The van der Waals surface area contributed by atoms with E-state index in [9.17, 15) is 4.79 Å². The van der Waals surface area contributed by atoms with Gasteiger partial charge in [-0.3, -0.25) is 9.78 Å². The van der Waals surface area contributed by atoms with E-state index in [1.54, 1.807) is 11.1 Å². The number of rotatable bonds is 1. The van der Waals surface area contributed by atoms with Crippen molar-refractivity contribution in [1.29, 1.82) is 0 Å². The largest absolute Gasteiger partial charge is 0.306 e. The molecule has 1 aliphatic heterocycles. The quantitative estimate of drug-likeness (QED) is 0.811. The maximum atomic E-state index is 12.7. The van der Waals surface area contributed by atoms with Crippen molar-refractivity contribution in [2.75, 3.05) is 11.4 Å². The Balaban J connectivity index is 2.02. The Morgan fingerprint density at radius 1 is 1.24 bits per heavy atom. The van der Waals surface area contributed by atoms with E-state index in [-0.39, 0.29) is 5.91 Å². The average molecular weight is 302 g/mol. The van der Waals surface area contributed by atoms with Crippen molar-refractivity contribution in [3.8, 4) is 0 Å². The Morgan fingerprint density at radius 3 is 2.76 bits per heavy atom. The monoisotopic (exact) mass is 301 g/mol. The van der Waals surface area contributed by atoms with Gasteiger partial charge in [0.1, 0.15) is 5.69 Å². The molecule has 0 N–H and O–H groups in total. The summed E-state index contributed by atoms with van der Waals surface area (Å²) in [6, 6.07) is 3.84. The molecule has 1 amide bonds. The fraction of sp³-hybridized carbons (Fsp3) is 0.312. The highest BCUT2D eigenvalue weighted by molar-refractivity contribution is 6.31. The Hall–Kier alpha value is -1.94. The van der Waals surface area contributed by atoms with Crippen LogP contribution in [0.15, 0.2) is 24.5 Å². The number of halogens is 1. The maximum Gasteiger partial charge on any atom is 0.278 e. The third-order valence-corrected chi connectivity index (χ3v) is 3.91. The molecule has 0 fully saturated rings. The second-order valence-corrected chi connectivity index (χ2v) is 5.77. The van der Waals surface area contributed by atoms with Crippen LogP contribution in [0.3, 0.4) is 0 Å². The smallest absolute Gasteiger partial charge is 0.278 e. The number of carbonyl (C=O) groups is 1. The van der Waals surface area contributed by atoms with Crippen LogP contribution in [0.5, 0.6) is 0 Å². The van der Waals surface area contributed by atoms with Gasteiger partial charge < -0.3 is 4.90 Å². The van der Waals surface area contributed by atoms with Gasteiger partial charge in [0.2, 0.25) is 0 Å². The predicted octanol–water partition coefficient (Wildman–Crippen LogP) is 3.34. The molecule has 1 aromatic carbocycles. The van der Waals surface area contributed by atoms with Crippen LogP contribution in [0, 0.1) is 13.8 Å². The Morgan fingerprint density at radius 2 is 2.05 bits per heavy atom. The number of hydrogen-bond acceptors (Lipinski definition) is 3. The lowest BCUT2D eigenvalue weighted by atomic mass is 9.98. The highest BCUT2D eigenvalue weighted by Gasteiger charge is 2.26. The third kappa shape index (κ3) is 2.63. The van der Waals surface area contributed by atoms with Gasteiger partial charge in [-0.25, -0.2) is 4.98 Å². The van der Waals surface area contributed by atoms with E-state index in [2.05, 4.69) is 9.97 Å². The fourth-order valence-electron chi connectivity index (χ4n) is 2.77.